The van der Waals surface area contributed by atoms with E-state index in [1.165, 1.54) is 23.5 Å². The van der Waals surface area contributed by atoms with Gasteiger partial charge in [0.25, 0.3) is 5.91 Å². The quantitative estimate of drug-likeness (QED) is 0.694. The minimum atomic E-state index is -3.78. The van der Waals surface area contributed by atoms with Crippen molar-refractivity contribution in [2.45, 2.75) is 38.1 Å². The molecular formula is C20H25N3O4S2. The standard InChI is InChI=1S/C20H25N3O4S2/c1-3-9-23-10-8-15-16(11-23)28-20(18(15)19(21)25)22-17(24)12-29(26,27)14-6-4-13(2)5-7-14/h4-7H,3,8-12H2,1-2H3,(H2,21,25)(H,22,24). The number of benzene rings is 1. The summed E-state index contributed by atoms with van der Waals surface area (Å²) in [5.74, 6) is -1.99. The number of rotatable bonds is 7. The van der Waals surface area contributed by atoms with Gasteiger partial charge in [-0.15, -0.1) is 11.3 Å². The molecule has 0 radical (unpaired) electrons. The van der Waals surface area contributed by atoms with Crippen LogP contribution in [0.1, 0.15) is 39.7 Å². The van der Waals surface area contributed by atoms with Crippen LogP contribution in [0.3, 0.4) is 0 Å². The third kappa shape index (κ3) is 4.85. The second-order valence-electron chi connectivity index (χ2n) is 7.22. The van der Waals surface area contributed by atoms with E-state index in [-0.39, 0.29) is 4.90 Å². The maximum absolute atomic E-state index is 12.5. The van der Waals surface area contributed by atoms with Gasteiger partial charge in [-0.1, -0.05) is 24.6 Å². The first kappa shape index (κ1) is 21.5. The molecule has 2 aromatic rings. The number of primary amides is 1. The molecule has 0 atom stereocenters. The van der Waals surface area contributed by atoms with Gasteiger partial charge in [0.15, 0.2) is 9.84 Å². The van der Waals surface area contributed by atoms with Crippen LogP contribution in [-0.2, 0) is 27.6 Å². The molecule has 29 heavy (non-hydrogen) atoms. The third-order valence-corrected chi connectivity index (χ3v) is 7.64. The van der Waals surface area contributed by atoms with Crippen LogP contribution in [0.2, 0.25) is 0 Å². The number of aryl methyl sites for hydroxylation is 1. The van der Waals surface area contributed by atoms with Gasteiger partial charge in [-0.2, -0.15) is 0 Å². The summed E-state index contributed by atoms with van der Waals surface area (Å²) in [4.78, 5) is 27.9. The van der Waals surface area contributed by atoms with Crippen LogP contribution in [-0.4, -0.2) is 44.0 Å². The second-order valence-corrected chi connectivity index (χ2v) is 10.3. The number of sulfone groups is 1. The zero-order chi connectivity index (χ0) is 21.2. The van der Waals surface area contributed by atoms with E-state index in [0.717, 1.165) is 35.5 Å². The van der Waals surface area contributed by atoms with Crippen LogP contribution in [0, 0.1) is 6.92 Å². The lowest BCUT2D eigenvalue weighted by Gasteiger charge is -2.26. The van der Waals surface area contributed by atoms with Gasteiger partial charge in [0.05, 0.1) is 10.5 Å². The molecule has 0 saturated carbocycles. The number of amides is 2. The van der Waals surface area contributed by atoms with Gasteiger partial charge in [-0.25, -0.2) is 8.42 Å². The summed E-state index contributed by atoms with van der Waals surface area (Å²) in [5, 5.41) is 2.95. The molecule has 1 aromatic carbocycles. The Morgan fingerprint density at radius 2 is 1.93 bits per heavy atom. The Kier molecular flexibility index (Phi) is 6.40. The molecule has 0 aliphatic carbocycles. The molecule has 2 amide bonds. The van der Waals surface area contributed by atoms with Crippen molar-refractivity contribution in [3.8, 4) is 0 Å². The molecule has 7 nitrogen and oxygen atoms in total. The van der Waals surface area contributed by atoms with Crippen molar-refractivity contribution in [3.63, 3.8) is 0 Å². The van der Waals surface area contributed by atoms with Crippen molar-refractivity contribution in [1.82, 2.24) is 4.90 Å². The number of carbonyl (C=O) groups is 2. The molecule has 1 aliphatic rings. The third-order valence-electron chi connectivity index (χ3n) is 4.88. The van der Waals surface area contributed by atoms with E-state index in [4.69, 9.17) is 5.73 Å². The minimum absolute atomic E-state index is 0.0917. The van der Waals surface area contributed by atoms with Crippen LogP contribution in [0.25, 0.3) is 0 Å². The predicted molar refractivity (Wildman–Crippen MR) is 114 cm³/mol. The highest BCUT2D eigenvalue weighted by Crippen LogP contribution is 2.37. The normalized spacial score (nSPS) is 14.4. The zero-order valence-corrected chi connectivity index (χ0v) is 18.2. The van der Waals surface area contributed by atoms with E-state index in [9.17, 15) is 18.0 Å². The Balaban J connectivity index is 1.80. The Hall–Kier alpha value is -2.23. The monoisotopic (exact) mass is 435 g/mol. The number of nitrogens with two attached hydrogens (primary N) is 1. The van der Waals surface area contributed by atoms with E-state index in [1.807, 2.05) is 6.92 Å². The van der Waals surface area contributed by atoms with Gasteiger partial charge < -0.3 is 11.1 Å². The number of nitrogens with zero attached hydrogens (tertiary/aromatic N) is 1. The molecule has 2 heterocycles. The van der Waals surface area contributed by atoms with E-state index < -0.39 is 27.4 Å². The predicted octanol–water partition coefficient (Wildman–Crippen LogP) is 2.34. The molecule has 3 N–H and O–H groups in total. The van der Waals surface area contributed by atoms with Crippen LogP contribution in [0.5, 0.6) is 0 Å². The molecule has 0 bridgehead atoms. The van der Waals surface area contributed by atoms with Crippen LogP contribution < -0.4 is 11.1 Å². The van der Waals surface area contributed by atoms with Crippen LogP contribution >= 0.6 is 11.3 Å². The highest BCUT2D eigenvalue weighted by molar-refractivity contribution is 7.92. The molecule has 0 spiro atoms. The molecule has 3 rings (SSSR count). The first-order chi connectivity index (χ1) is 13.7. The van der Waals surface area contributed by atoms with Crippen molar-refractivity contribution in [2.75, 3.05) is 24.2 Å². The summed E-state index contributed by atoms with van der Waals surface area (Å²) in [5.41, 5.74) is 7.68. The fourth-order valence-electron chi connectivity index (χ4n) is 3.48. The fraction of sp³-hybridized carbons (Fsp3) is 0.400. The summed E-state index contributed by atoms with van der Waals surface area (Å²) in [6, 6.07) is 6.34. The second kappa shape index (κ2) is 8.64. The maximum Gasteiger partial charge on any atom is 0.251 e. The molecule has 1 aliphatic heterocycles. The van der Waals surface area contributed by atoms with Crippen LogP contribution in [0.15, 0.2) is 29.2 Å². The number of fused-ring (bicyclic) bond motifs is 1. The van der Waals surface area contributed by atoms with Crippen molar-refractivity contribution < 1.29 is 18.0 Å². The average molecular weight is 436 g/mol. The Labute approximate surface area is 174 Å². The summed E-state index contributed by atoms with van der Waals surface area (Å²) in [6.45, 7) is 6.45. The first-order valence-electron chi connectivity index (χ1n) is 9.47. The van der Waals surface area contributed by atoms with Gasteiger partial charge in [-0.3, -0.25) is 14.5 Å². The number of thiophene rings is 1. The maximum atomic E-state index is 12.5. The first-order valence-corrected chi connectivity index (χ1v) is 11.9. The number of hydrogen-bond acceptors (Lipinski definition) is 6. The Morgan fingerprint density at radius 3 is 2.55 bits per heavy atom. The van der Waals surface area contributed by atoms with Crippen molar-refractivity contribution in [2.24, 2.45) is 5.73 Å². The lowest BCUT2D eigenvalue weighted by Crippen LogP contribution is -2.31. The lowest BCUT2D eigenvalue weighted by molar-refractivity contribution is -0.113. The van der Waals surface area contributed by atoms with E-state index in [0.29, 0.717) is 23.5 Å². The average Bonchev–Trinajstić information content (AvgIpc) is 2.98. The number of nitrogens with one attached hydrogen (secondary N) is 1. The fourth-order valence-corrected chi connectivity index (χ4v) is 5.92. The topological polar surface area (TPSA) is 110 Å². The zero-order valence-electron chi connectivity index (χ0n) is 16.5. The molecule has 9 heteroatoms. The van der Waals surface area contributed by atoms with Gasteiger partial charge in [0.1, 0.15) is 10.8 Å². The van der Waals surface area contributed by atoms with Crippen molar-refractivity contribution in [3.05, 3.63) is 45.8 Å². The van der Waals surface area contributed by atoms with Crippen LogP contribution in [0.4, 0.5) is 5.00 Å². The van der Waals surface area contributed by atoms with Gasteiger partial charge in [0.2, 0.25) is 5.91 Å². The van der Waals surface area contributed by atoms with E-state index in [2.05, 4.69) is 17.1 Å². The molecular weight excluding hydrogens is 410 g/mol. The Bertz CT molecular complexity index is 1030. The number of carbonyl (C=O) groups excluding carboxylic acids is 2. The minimum Gasteiger partial charge on any atom is -0.365 e. The van der Waals surface area contributed by atoms with Gasteiger partial charge in [-0.05, 0) is 44.0 Å². The highest BCUT2D eigenvalue weighted by Gasteiger charge is 2.28. The SMILES string of the molecule is CCCN1CCc2c(sc(NC(=O)CS(=O)(=O)c3ccc(C)cc3)c2C(N)=O)C1. The highest BCUT2D eigenvalue weighted by atomic mass is 32.2. The molecule has 0 unspecified atom stereocenters. The van der Waals surface area contributed by atoms with E-state index in [1.54, 1.807) is 12.1 Å². The van der Waals surface area contributed by atoms with Gasteiger partial charge in [0, 0.05) is 18.0 Å². The van der Waals surface area contributed by atoms with Crippen molar-refractivity contribution in [1.29, 1.82) is 0 Å². The molecule has 0 fully saturated rings. The summed E-state index contributed by atoms with van der Waals surface area (Å²) in [7, 11) is -3.78. The Morgan fingerprint density at radius 1 is 1.24 bits per heavy atom. The lowest BCUT2D eigenvalue weighted by atomic mass is 10.0. The molecule has 156 valence electrons. The van der Waals surface area contributed by atoms with Gasteiger partial charge >= 0.3 is 0 Å². The number of anilines is 1. The number of hydrogen-bond donors (Lipinski definition) is 2. The largest absolute Gasteiger partial charge is 0.365 e. The summed E-state index contributed by atoms with van der Waals surface area (Å²) in [6.07, 6.45) is 1.71. The summed E-state index contributed by atoms with van der Waals surface area (Å²) >= 11 is 1.30. The van der Waals surface area contributed by atoms with Crippen molar-refractivity contribution >= 4 is 38.0 Å². The van der Waals surface area contributed by atoms with E-state index >= 15 is 0 Å². The summed E-state index contributed by atoms with van der Waals surface area (Å²) < 4.78 is 25.0. The smallest absolute Gasteiger partial charge is 0.251 e. The molecule has 1 aromatic heterocycles. The molecule has 0 saturated heterocycles.